The van der Waals surface area contributed by atoms with E-state index in [1.165, 1.54) is 4.88 Å². The van der Waals surface area contributed by atoms with Crippen LogP contribution in [0.25, 0.3) is 0 Å². The Morgan fingerprint density at radius 1 is 1.25 bits per heavy atom. The van der Waals surface area contributed by atoms with Gasteiger partial charge in [0.05, 0.1) is 11.6 Å². The molecule has 0 unspecified atom stereocenters. The first-order valence-electron chi connectivity index (χ1n) is 10.5. The van der Waals surface area contributed by atoms with E-state index in [2.05, 4.69) is 32.5 Å². The van der Waals surface area contributed by atoms with Crippen molar-refractivity contribution < 1.29 is 9.53 Å². The van der Waals surface area contributed by atoms with Gasteiger partial charge in [0.2, 0.25) is 0 Å². The van der Waals surface area contributed by atoms with Gasteiger partial charge < -0.3 is 20.3 Å². The number of guanidine groups is 1. The molecule has 2 heterocycles. The van der Waals surface area contributed by atoms with Crippen molar-refractivity contribution in [1.82, 2.24) is 25.5 Å². The minimum atomic E-state index is -0.537. The summed E-state index contributed by atoms with van der Waals surface area (Å²) in [5, 5.41) is 7.71. The van der Waals surface area contributed by atoms with Crippen molar-refractivity contribution in [3.63, 3.8) is 0 Å². The van der Waals surface area contributed by atoms with E-state index in [1.54, 1.807) is 35.7 Å². The van der Waals surface area contributed by atoms with E-state index in [0.717, 1.165) is 35.9 Å². The number of aliphatic imine (C=N–C) groups is 1. The summed E-state index contributed by atoms with van der Waals surface area (Å²) in [4.78, 5) is 28.3. The van der Waals surface area contributed by atoms with Crippen molar-refractivity contribution in [2.75, 3.05) is 26.7 Å². The van der Waals surface area contributed by atoms with Crippen LogP contribution in [0.4, 0.5) is 4.79 Å². The van der Waals surface area contributed by atoms with Crippen molar-refractivity contribution in [3.8, 4) is 0 Å². The molecule has 2 N–H and O–H groups in total. The number of hydrogen-bond acceptors (Lipinski definition) is 6. The highest BCUT2D eigenvalue weighted by molar-refractivity contribution is 14.0. The molecule has 1 amide bonds. The summed E-state index contributed by atoms with van der Waals surface area (Å²) >= 11 is 1.71. The van der Waals surface area contributed by atoms with Crippen molar-refractivity contribution in [3.05, 3.63) is 46.2 Å². The summed E-state index contributed by atoms with van der Waals surface area (Å²) in [6, 6.07) is 3.82. The fourth-order valence-electron chi connectivity index (χ4n) is 2.78. The fraction of sp³-hybridized carbons (Fsp3) is 0.545. The molecule has 2 aromatic rings. The Kier molecular flexibility index (Phi) is 12.5. The number of nitrogens with zero attached hydrogens (tertiary/aromatic N) is 4. The minimum Gasteiger partial charge on any atom is -0.444 e. The lowest BCUT2D eigenvalue weighted by Gasteiger charge is -2.27. The van der Waals surface area contributed by atoms with E-state index in [0.29, 0.717) is 19.6 Å². The molecule has 0 saturated carbocycles. The van der Waals surface area contributed by atoms with Gasteiger partial charge in [-0.25, -0.2) is 9.78 Å². The minimum absolute atomic E-state index is 0. The van der Waals surface area contributed by atoms with Gasteiger partial charge in [-0.3, -0.25) is 9.98 Å². The molecule has 32 heavy (non-hydrogen) atoms. The molecule has 8 nitrogen and oxygen atoms in total. The van der Waals surface area contributed by atoms with Crippen LogP contribution in [-0.4, -0.2) is 59.2 Å². The molecular formula is C22H35IN6O2S. The van der Waals surface area contributed by atoms with Crippen LogP contribution in [-0.2, 0) is 17.7 Å². The second kappa shape index (κ2) is 14.2. The quantitative estimate of drug-likeness (QED) is 0.204. The number of thiazole rings is 1. The molecule has 0 aliphatic rings. The highest BCUT2D eigenvalue weighted by Gasteiger charge is 2.22. The van der Waals surface area contributed by atoms with E-state index in [-0.39, 0.29) is 30.1 Å². The monoisotopic (exact) mass is 574 g/mol. The maximum Gasteiger partial charge on any atom is 0.410 e. The van der Waals surface area contributed by atoms with Crippen LogP contribution in [0.15, 0.2) is 35.7 Å². The highest BCUT2D eigenvalue weighted by Crippen LogP contribution is 2.13. The van der Waals surface area contributed by atoms with E-state index < -0.39 is 5.60 Å². The van der Waals surface area contributed by atoms with Crippen molar-refractivity contribution in [1.29, 1.82) is 0 Å². The van der Waals surface area contributed by atoms with Gasteiger partial charge in [-0.2, -0.15) is 0 Å². The Morgan fingerprint density at radius 2 is 2.00 bits per heavy atom. The number of halogens is 1. The average Bonchev–Trinajstić information content (AvgIpc) is 3.13. The largest absolute Gasteiger partial charge is 0.444 e. The topological polar surface area (TPSA) is 91.7 Å². The molecule has 2 aromatic heterocycles. The Labute approximate surface area is 212 Å². The maximum absolute atomic E-state index is 12.6. The van der Waals surface area contributed by atoms with Crippen molar-refractivity contribution in [2.24, 2.45) is 4.99 Å². The zero-order valence-electron chi connectivity index (χ0n) is 19.6. The van der Waals surface area contributed by atoms with E-state index >= 15 is 0 Å². The SMILES string of the molecule is CN=C(NCCCN(Cc1cccnc1)C(=O)OC(C)(C)C)NCCc1ncc(C)s1.I. The molecule has 0 atom stereocenters. The van der Waals surface area contributed by atoms with Gasteiger partial charge in [0.15, 0.2) is 5.96 Å². The van der Waals surface area contributed by atoms with E-state index in [9.17, 15) is 4.79 Å². The molecule has 0 aromatic carbocycles. The maximum atomic E-state index is 12.6. The number of hydrogen-bond donors (Lipinski definition) is 2. The number of pyridine rings is 1. The summed E-state index contributed by atoms with van der Waals surface area (Å²) in [7, 11) is 1.75. The molecule has 10 heteroatoms. The molecule has 0 saturated heterocycles. The summed E-state index contributed by atoms with van der Waals surface area (Å²) in [6.45, 7) is 10.1. The smallest absolute Gasteiger partial charge is 0.410 e. The average molecular weight is 575 g/mol. The number of carbonyl (C=O) groups excluding carboxylic acids is 1. The molecule has 0 aliphatic carbocycles. The predicted molar refractivity (Wildman–Crippen MR) is 141 cm³/mol. The number of carbonyl (C=O) groups is 1. The summed E-state index contributed by atoms with van der Waals surface area (Å²) in [5.41, 5.74) is 0.431. The number of amides is 1. The first-order valence-corrected chi connectivity index (χ1v) is 11.3. The molecule has 0 spiro atoms. The third-order valence-corrected chi connectivity index (χ3v) is 5.14. The molecule has 0 fully saturated rings. The lowest BCUT2D eigenvalue weighted by molar-refractivity contribution is 0.0232. The number of nitrogens with one attached hydrogen (secondary N) is 2. The van der Waals surface area contributed by atoms with Crippen LogP contribution >= 0.6 is 35.3 Å². The Morgan fingerprint density at radius 3 is 2.59 bits per heavy atom. The third kappa shape index (κ3) is 11.1. The Balaban J connectivity index is 0.00000512. The van der Waals surface area contributed by atoms with Gasteiger partial charge in [0.25, 0.3) is 0 Å². The first kappa shape index (κ1) is 28.1. The van der Waals surface area contributed by atoms with Gasteiger partial charge in [0.1, 0.15) is 5.60 Å². The van der Waals surface area contributed by atoms with Crippen LogP contribution in [0, 0.1) is 6.92 Å². The Hall–Kier alpha value is -1.95. The lowest BCUT2D eigenvalue weighted by atomic mass is 10.2. The second-order valence-electron chi connectivity index (χ2n) is 8.16. The molecule has 0 bridgehead atoms. The third-order valence-electron chi connectivity index (χ3n) is 4.17. The Bertz CT molecular complexity index is 838. The molecule has 0 aliphatic heterocycles. The van der Waals surface area contributed by atoms with Crippen LogP contribution in [0.2, 0.25) is 0 Å². The highest BCUT2D eigenvalue weighted by atomic mass is 127. The van der Waals surface area contributed by atoms with Gasteiger partial charge >= 0.3 is 6.09 Å². The van der Waals surface area contributed by atoms with Gasteiger partial charge in [-0.05, 0) is 45.7 Å². The normalized spacial score (nSPS) is 11.5. The van der Waals surface area contributed by atoms with Crippen LogP contribution in [0.3, 0.4) is 0 Å². The zero-order valence-corrected chi connectivity index (χ0v) is 22.7. The van der Waals surface area contributed by atoms with Gasteiger partial charge in [-0.15, -0.1) is 35.3 Å². The number of aromatic nitrogens is 2. The van der Waals surface area contributed by atoms with Gasteiger partial charge in [0, 0.05) is 56.6 Å². The molecule has 178 valence electrons. The number of aryl methyl sites for hydroxylation is 1. The summed E-state index contributed by atoms with van der Waals surface area (Å²) in [5.74, 6) is 0.740. The second-order valence-corrected chi connectivity index (χ2v) is 9.48. The molecule has 2 rings (SSSR count). The van der Waals surface area contributed by atoms with E-state index in [1.807, 2.05) is 39.1 Å². The lowest BCUT2D eigenvalue weighted by Crippen LogP contribution is -2.41. The predicted octanol–water partition coefficient (Wildman–Crippen LogP) is 4.00. The molecular weight excluding hydrogens is 539 g/mol. The van der Waals surface area contributed by atoms with Crippen LogP contribution in [0.5, 0.6) is 0 Å². The first-order chi connectivity index (χ1) is 14.8. The summed E-state index contributed by atoms with van der Waals surface area (Å²) in [6.07, 6.45) is 6.68. The van der Waals surface area contributed by atoms with Crippen LogP contribution in [0.1, 0.15) is 42.6 Å². The van der Waals surface area contributed by atoms with Gasteiger partial charge in [-0.1, -0.05) is 6.07 Å². The number of ether oxygens (including phenoxy) is 1. The van der Waals surface area contributed by atoms with E-state index in [4.69, 9.17) is 4.74 Å². The van der Waals surface area contributed by atoms with Crippen molar-refractivity contribution in [2.45, 2.75) is 52.7 Å². The van der Waals surface area contributed by atoms with Crippen LogP contribution < -0.4 is 10.6 Å². The fourth-order valence-corrected chi connectivity index (χ4v) is 3.56. The van der Waals surface area contributed by atoms with Crippen molar-refractivity contribution >= 4 is 47.4 Å². The standard InChI is InChI=1S/C22H34N6O2S.HI/c1-17-14-27-19(31-17)9-12-26-20(23-5)25-11-7-13-28(21(29)30-22(2,3)4)16-18-8-6-10-24-15-18;/h6,8,10,14-15H,7,9,11-13,16H2,1-5H3,(H2,23,25,26);1H. The number of rotatable bonds is 9. The zero-order chi connectivity index (χ0) is 22.7. The molecule has 0 radical (unpaired) electrons. The summed E-state index contributed by atoms with van der Waals surface area (Å²) < 4.78 is 5.57.